The lowest BCUT2D eigenvalue weighted by Crippen LogP contribution is -2.28. The normalized spacial score (nSPS) is 20.6. The highest BCUT2D eigenvalue weighted by Crippen LogP contribution is 2.39. The van der Waals surface area contributed by atoms with Crippen molar-refractivity contribution >= 4 is 39.3 Å². The fourth-order valence-electron chi connectivity index (χ4n) is 3.83. The number of benzene rings is 1. The molecule has 0 spiro atoms. The molecule has 0 bridgehead atoms. The SMILES string of the molecule is CC[C@H]1O[C@@H](n2ccc(NC(C)=O)nc2=O)C[C@H]1OC(=O)c1ccc(OC)cc1C(C)SSC. The van der Waals surface area contributed by atoms with Crippen LogP contribution in [0.1, 0.15) is 61.0 Å². The van der Waals surface area contributed by atoms with Gasteiger partial charge in [-0.3, -0.25) is 9.36 Å². The predicted octanol–water partition coefficient (Wildman–Crippen LogP) is 4.21. The number of rotatable bonds is 9. The van der Waals surface area contributed by atoms with E-state index < -0.39 is 24.0 Å². The third kappa shape index (κ3) is 6.13. The molecule has 11 heteroatoms. The van der Waals surface area contributed by atoms with Gasteiger partial charge < -0.3 is 19.5 Å². The van der Waals surface area contributed by atoms with Crippen LogP contribution in [0.3, 0.4) is 0 Å². The predicted molar refractivity (Wildman–Crippen MR) is 133 cm³/mol. The number of ether oxygens (including phenoxy) is 3. The first-order valence-electron chi connectivity index (χ1n) is 10.9. The van der Waals surface area contributed by atoms with Crippen LogP contribution in [0.4, 0.5) is 5.82 Å². The van der Waals surface area contributed by atoms with Gasteiger partial charge in [-0.15, -0.1) is 0 Å². The Morgan fingerprint density at radius 3 is 2.74 bits per heavy atom. The van der Waals surface area contributed by atoms with Crippen LogP contribution in [0.5, 0.6) is 5.75 Å². The first kappa shape index (κ1) is 26.1. The fraction of sp³-hybridized carbons (Fsp3) is 0.478. The molecule has 34 heavy (non-hydrogen) atoms. The summed E-state index contributed by atoms with van der Waals surface area (Å²) < 4.78 is 18.6. The van der Waals surface area contributed by atoms with Gasteiger partial charge in [0, 0.05) is 24.8 Å². The van der Waals surface area contributed by atoms with Crippen molar-refractivity contribution in [3.63, 3.8) is 0 Å². The molecule has 184 valence electrons. The van der Waals surface area contributed by atoms with Crippen LogP contribution in [-0.4, -0.2) is 47.0 Å². The summed E-state index contributed by atoms with van der Waals surface area (Å²) in [6.07, 6.45) is 2.90. The summed E-state index contributed by atoms with van der Waals surface area (Å²) in [7, 11) is 4.85. The second-order valence-corrected chi connectivity index (χ2v) is 10.6. The lowest BCUT2D eigenvalue weighted by Gasteiger charge is -2.20. The third-order valence-corrected chi connectivity index (χ3v) is 7.62. The molecule has 0 saturated carbocycles. The van der Waals surface area contributed by atoms with Crippen molar-refractivity contribution in [2.75, 3.05) is 18.7 Å². The summed E-state index contributed by atoms with van der Waals surface area (Å²) in [5.74, 6) is 0.0877. The fourth-order valence-corrected chi connectivity index (χ4v) is 5.59. The van der Waals surface area contributed by atoms with Crippen LogP contribution in [0.25, 0.3) is 0 Å². The Hall–Kier alpha value is -2.50. The highest BCUT2D eigenvalue weighted by molar-refractivity contribution is 8.76. The maximum Gasteiger partial charge on any atom is 0.351 e. The largest absolute Gasteiger partial charge is 0.497 e. The van der Waals surface area contributed by atoms with E-state index in [1.807, 2.05) is 26.2 Å². The topological polar surface area (TPSA) is 109 Å². The smallest absolute Gasteiger partial charge is 0.351 e. The summed E-state index contributed by atoms with van der Waals surface area (Å²) >= 11 is 0. The standard InChI is InChI=1S/C23H29N3O6S2/c1-6-18-19(12-21(31-18)26-10-9-20(24-14(3)27)25-23(26)29)32-22(28)16-8-7-15(30-4)11-17(16)13(2)34-33-5/h7-11,13,18-19,21H,6,12H2,1-5H3,(H,24,25,27,29)/t13?,18-,19-,21-/m1/s1. The van der Waals surface area contributed by atoms with E-state index in [4.69, 9.17) is 14.2 Å². The van der Waals surface area contributed by atoms with E-state index >= 15 is 0 Å². The maximum absolute atomic E-state index is 13.2. The van der Waals surface area contributed by atoms with Gasteiger partial charge in [0.2, 0.25) is 5.91 Å². The lowest BCUT2D eigenvalue weighted by molar-refractivity contribution is -0.114. The molecular formula is C23H29N3O6S2. The zero-order valence-corrected chi connectivity index (χ0v) is 21.4. The number of esters is 1. The Balaban J connectivity index is 1.79. The Kier molecular flexibility index (Phi) is 9.03. The number of methoxy groups -OCH3 is 1. The van der Waals surface area contributed by atoms with Crippen LogP contribution in [0.15, 0.2) is 35.3 Å². The van der Waals surface area contributed by atoms with Crippen molar-refractivity contribution in [2.45, 2.75) is 57.3 Å². The quantitative estimate of drug-likeness (QED) is 0.394. The van der Waals surface area contributed by atoms with Gasteiger partial charge in [-0.2, -0.15) is 4.98 Å². The van der Waals surface area contributed by atoms with E-state index in [1.54, 1.807) is 40.8 Å². The van der Waals surface area contributed by atoms with E-state index in [0.717, 1.165) is 5.56 Å². The monoisotopic (exact) mass is 507 g/mol. The summed E-state index contributed by atoms with van der Waals surface area (Å²) in [4.78, 5) is 40.8. The summed E-state index contributed by atoms with van der Waals surface area (Å²) in [6.45, 7) is 5.30. The zero-order chi connectivity index (χ0) is 24.8. The number of carbonyl (C=O) groups is 2. The molecular weight excluding hydrogens is 478 g/mol. The molecule has 1 N–H and O–H groups in total. The highest BCUT2D eigenvalue weighted by atomic mass is 33.1. The van der Waals surface area contributed by atoms with Crippen molar-refractivity contribution in [3.05, 3.63) is 52.1 Å². The van der Waals surface area contributed by atoms with Gasteiger partial charge in [0.1, 0.15) is 23.9 Å². The van der Waals surface area contributed by atoms with E-state index in [9.17, 15) is 14.4 Å². The summed E-state index contributed by atoms with van der Waals surface area (Å²) in [5.41, 5.74) is 0.756. The minimum Gasteiger partial charge on any atom is -0.497 e. The lowest BCUT2D eigenvalue weighted by atomic mass is 10.0. The van der Waals surface area contributed by atoms with Crippen LogP contribution >= 0.6 is 21.6 Å². The summed E-state index contributed by atoms with van der Waals surface area (Å²) in [6, 6.07) is 6.85. The average Bonchev–Trinajstić information content (AvgIpc) is 3.20. The summed E-state index contributed by atoms with van der Waals surface area (Å²) in [5, 5.41) is 2.53. The van der Waals surface area contributed by atoms with Crippen LogP contribution in [-0.2, 0) is 14.3 Å². The van der Waals surface area contributed by atoms with E-state index in [0.29, 0.717) is 24.2 Å². The first-order valence-corrected chi connectivity index (χ1v) is 13.5. The third-order valence-electron chi connectivity index (χ3n) is 5.44. The molecule has 3 rings (SSSR count). The molecule has 1 aromatic carbocycles. The van der Waals surface area contributed by atoms with Crippen LogP contribution in [0, 0.1) is 0 Å². The first-order chi connectivity index (χ1) is 16.3. The molecule has 2 aromatic rings. The molecule has 0 radical (unpaired) electrons. The van der Waals surface area contributed by atoms with Crippen LogP contribution in [0.2, 0.25) is 0 Å². The van der Waals surface area contributed by atoms with E-state index in [2.05, 4.69) is 10.3 Å². The highest BCUT2D eigenvalue weighted by Gasteiger charge is 2.39. The molecule has 1 aromatic heterocycles. The van der Waals surface area contributed by atoms with E-state index in [1.165, 1.54) is 23.8 Å². The van der Waals surface area contributed by atoms with Gasteiger partial charge in [0.05, 0.1) is 18.8 Å². The number of hydrogen-bond acceptors (Lipinski definition) is 9. The van der Waals surface area contributed by atoms with Gasteiger partial charge in [-0.05, 0) is 49.4 Å². The Labute approximate surface area is 206 Å². The van der Waals surface area contributed by atoms with Crippen LogP contribution < -0.4 is 15.7 Å². The number of aromatic nitrogens is 2. The van der Waals surface area contributed by atoms with Crippen molar-refractivity contribution < 1.29 is 23.8 Å². The number of carbonyl (C=O) groups excluding carboxylic acids is 2. The van der Waals surface area contributed by atoms with Gasteiger partial charge in [-0.1, -0.05) is 28.5 Å². The molecule has 1 aliphatic heterocycles. The molecule has 2 heterocycles. The van der Waals surface area contributed by atoms with Crippen molar-refractivity contribution in [1.29, 1.82) is 0 Å². The molecule has 1 amide bonds. The van der Waals surface area contributed by atoms with Gasteiger partial charge >= 0.3 is 11.7 Å². The Morgan fingerprint density at radius 2 is 2.12 bits per heavy atom. The zero-order valence-electron chi connectivity index (χ0n) is 19.8. The Bertz CT molecular complexity index is 1090. The minimum atomic E-state index is -0.629. The van der Waals surface area contributed by atoms with E-state index in [-0.39, 0.29) is 23.1 Å². The van der Waals surface area contributed by atoms with Gasteiger partial charge in [0.25, 0.3) is 0 Å². The minimum absolute atomic E-state index is 0.0500. The number of nitrogens with zero attached hydrogens (tertiary/aromatic N) is 2. The maximum atomic E-state index is 13.2. The second-order valence-electron chi connectivity index (χ2n) is 7.76. The number of amides is 1. The number of nitrogens with one attached hydrogen (secondary N) is 1. The molecule has 1 fully saturated rings. The van der Waals surface area contributed by atoms with Crippen molar-refractivity contribution in [3.8, 4) is 5.75 Å². The van der Waals surface area contributed by atoms with Gasteiger partial charge in [-0.25, -0.2) is 9.59 Å². The molecule has 4 atom stereocenters. The van der Waals surface area contributed by atoms with Gasteiger partial charge in [0.15, 0.2) is 0 Å². The average molecular weight is 508 g/mol. The second kappa shape index (κ2) is 11.8. The Morgan fingerprint density at radius 1 is 1.35 bits per heavy atom. The molecule has 1 saturated heterocycles. The molecule has 1 unspecified atom stereocenters. The van der Waals surface area contributed by atoms with Crippen molar-refractivity contribution in [2.24, 2.45) is 0 Å². The number of anilines is 1. The molecule has 0 aliphatic carbocycles. The molecule has 1 aliphatic rings. The molecule has 9 nitrogen and oxygen atoms in total. The number of hydrogen-bond donors (Lipinski definition) is 1. The van der Waals surface area contributed by atoms with Crippen molar-refractivity contribution in [1.82, 2.24) is 9.55 Å².